The molecular formula is C41H27N. The Morgan fingerprint density at radius 1 is 0.643 bits per heavy atom. The molecule has 6 aromatic rings. The molecular weight excluding hydrogens is 506 g/mol. The van der Waals surface area contributed by atoms with Gasteiger partial charge in [0.1, 0.15) is 0 Å². The molecule has 0 unspecified atom stereocenters. The molecule has 6 aromatic carbocycles. The highest BCUT2D eigenvalue weighted by Gasteiger charge is 2.51. The van der Waals surface area contributed by atoms with Crippen LogP contribution in [0.4, 0.5) is 0 Å². The summed E-state index contributed by atoms with van der Waals surface area (Å²) < 4.78 is 0. The van der Waals surface area contributed by atoms with E-state index in [1.807, 2.05) is 6.08 Å². The summed E-state index contributed by atoms with van der Waals surface area (Å²) in [5.74, 6) is 0. The lowest BCUT2D eigenvalue weighted by molar-refractivity contribution is 0.794. The van der Waals surface area contributed by atoms with Crippen molar-refractivity contribution in [3.63, 3.8) is 0 Å². The van der Waals surface area contributed by atoms with Crippen LogP contribution in [0.2, 0.25) is 0 Å². The van der Waals surface area contributed by atoms with Crippen LogP contribution in [0.25, 0.3) is 44.2 Å². The van der Waals surface area contributed by atoms with E-state index >= 15 is 0 Å². The Labute approximate surface area is 246 Å². The van der Waals surface area contributed by atoms with E-state index in [4.69, 9.17) is 0 Å². The van der Waals surface area contributed by atoms with Crippen LogP contribution in [0, 0.1) is 11.3 Å². The van der Waals surface area contributed by atoms with E-state index in [2.05, 4.69) is 140 Å². The molecule has 0 amide bonds. The predicted octanol–water partition coefficient (Wildman–Crippen LogP) is 10.0. The van der Waals surface area contributed by atoms with E-state index in [0.29, 0.717) is 12.0 Å². The molecule has 0 aromatic heterocycles. The van der Waals surface area contributed by atoms with Crippen LogP contribution in [0.1, 0.15) is 27.8 Å². The zero-order chi connectivity index (χ0) is 28.3. The van der Waals surface area contributed by atoms with Gasteiger partial charge < -0.3 is 0 Å². The van der Waals surface area contributed by atoms with Gasteiger partial charge >= 0.3 is 0 Å². The number of allylic oxidation sites excluding steroid dienone is 3. The van der Waals surface area contributed by atoms with Gasteiger partial charge in [-0.1, -0.05) is 140 Å². The maximum absolute atomic E-state index is 9.20. The molecule has 0 bridgehead atoms. The number of hydrogen-bond donors (Lipinski definition) is 0. The Morgan fingerprint density at radius 2 is 1.26 bits per heavy atom. The Bertz CT molecular complexity index is 2090. The Morgan fingerprint density at radius 3 is 1.98 bits per heavy atom. The molecule has 0 aliphatic heterocycles. The van der Waals surface area contributed by atoms with Crippen LogP contribution in [0.5, 0.6) is 0 Å². The lowest BCUT2D eigenvalue weighted by Gasteiger charge is -2.30. The molecule has 0 atom stereocenters. The first-order chi connectivity index (χ1) is 20.7. The summed E-state index contributed by atoms with van der Waals surface area (Å²) in [5.41, 5.74) is 14.6. The minimum Gasteiger partial charge on any atom is -0.192 e. The fourth-order valence-corrected chi connectivity index (χ4v) is 7.33. The number of nitriles is 1. The number of rotatable bonds is 4. The van der Waals surface area contributed by atoms with Crippen LogP contribution in [0.15, 0.2) is 152 Å². The topological polar surface area (TPSA) is 23.8 Å². The first kappa shape index (κ1) is 24.4. The van der Waals surface area contributed by atoms with E-state index in [1.54, 1.807) is 6.08 Å². The average molecular weight is 534 g/mol. The first-order valence-electron chi connectivity index (χ1n) is 14.4. The number of nitrogens with zero attached hydrogens (tertiary/aromatic N) is 1. The van der Waals surface area contributed by atoms with E-state index in [0.717, 1.165) is 0 Å². The summed E-state index contributed by atoms with van der Waals surface area (Å²) in [6.45, 7) is 3.72. The van der Waals surface area contributed by atoms with Gasteiger partial charge in [0.25, 0.3) is 0 Å². The van der Waals surface area contributed by atoms with Crippen molar-refractivity contribution in [1.82, 2.24) is 0 Å². The summed E-state index contributed by atoms with van der Waals surface area (Å²) in [4.78, 5) is 0. The fraction of sp³-hybridized carbons (Fsp3) is 0.0488. The lowest BCUT2D eigenvalue weighted by atomic mass is 9.70. The monoisotopic (exact) mass is 533 g/mol. The molecule has 1 heteroatoms. The summed E-state index contributed by atoms with van der Waals surface area (Å²) in [6.07, 6.45) is 4.24. The van der Waals surface area contributed by atoms with E-state index in [1.165, 1.54) is 72.0 Å². The molecule has 1 spiro atoms. The largest absolute Gasteiger partial charge is 0.192 e. The zero-order valence-electron chi connectivity index (χ0n) is 23.1. The molecule has 0 saturated carbocycles. The highest BCUT2D eigenvalue weighted by Crippen LogP contribution is 2.63. The van der Waals surface area contributed by atoms with Crippen molar-refractivity contribution < 1.29 is 0 Å². The van der Waals surface area contributed by atoms with Crippen LogP contribution in [0.3, 0.4) is 0 Å². The second-order valence-corrected chi connectivity index (χ2v) is 11.2. The minimum absolute atomic E-state index is 0.347. The Kier molecular flexibility index (Phi) is 5.39. The van der Waals surface area contributed by atoms with Crippen molar-refractivity contribution >= 4 is 10.8 Å². The van der Waals surface area contributed by atoms with E-state index < -0.39 is 0 Å². The normalized spacial score (nSPS) is 13.7. The van der Waals surface area contributed by atoms with Crippen molar-refractivity contribution in [3.05, 3.63) is 180 Å². The molecule has 0 N–H and O–H groups in total. The molecule has 196 valence electrons. The number of hydrogen-bond acceptors (Lipinski definition) is 1. The maximum Gasteiger partial charge on any atom is 0.0988 e. The van der Waals surface area contributed by atoms with Gasteiger partial charge in [0, 0.05) is 5.57 Å². The molecule has 0 heterocycles. The summed E-state index contributed by atoms with van der Waals surface area (Å²) in [6, 6.07) is 49.3. The second kappa shape index (κ2) is 9.30. The van der Waals surface area contributed by atoms with Gasteiger partial charge in [-0.3, -0.25) is 0 Å². The van der Waals surface area contributed by atoms with Crippen molar-refractivity contribution in [2.24, 2.45) is 0 Å². The molecule has 0 saturated heterocycles. The van der Waals surface area contributed by atoms with Crippen LogP contribution < -0.4 is 0 Å². The molecule has 1 nitrogen and oxygen atoms in total. The quantitative estimate of drug-likeness (QED) is 0.163. The zero-order valence-corrected chi connectivity index (χ0v) is 23.1. The van der Waals surface area contributed by atoms with Gasteiger partial charge in [0.05, 0.1) is 11.5 Å². The third kappa shape index (κ3) is 3.30. The smallest absolute Gasteiger partial charge is 0.0988 e. The van der Waals surface area contributed by atoms with Crippen molar-refractivity contribution in [3.8, 4) is 39.4 Å². The summed E-state index contributed by atoms with van der Waals surface area (Å²) in [7, 11) is 0. The molecule has 0 fully saturated rings. The highest BCUT2D eigenvalue weighted by atomic mass is 14.5. The van der Waals surface area contributed by atoms with Gasteiger partial charge in [-0.25, -0.2) is 0 Å². The Balaban J connectivity index is 1.36. The van der Waals surface area contributed by atoms with Gasteiger partial charge in [-0.2, -0.15) is 5.26 Å². The number of fused-ring (bicyclic) bond motifs is 12. The maximum atomic E-state index is 9.20. The minimum atomic E-state index is -0.347. The van der Waals surface area contributed by atoms with Crippen molar-refractivity contribution in [2.75, 3.05) is 0 Å². The highest BCUT2D eigenvalue weighted by molar-refractivity contribution is 6.06. The fourth-order valence-electron chi connectivity index (χ4n) is 7.33. The van der Waals surface area contributed by atoms with Crippen LogP contribution >= 0.6 is 0 Å². The van der Waals surface area contributed by atoms with Gasteiger partial charge in [-0.05, 0) is 84.5 Å². The predicted molar refractivity (Wildman–Crippen MR) is 173 cm³/mol. The molecule has 42 heavy (non-hydrogen) atoms. The van der Waals surface area contributed by atoms with Crippen molar-refractivity contribution in [2.45, 2.75) is 11.8 Å². The standard InChI is InChI=1S/C41H27N/c1-2-27(26-42)15-16-28-17-19-29(20-18-28)31-22-23-38-35(25-31)40-32-10-4-3-9-30(32)21-24-39(40)41(38)36-13-7-5-11-33(36)34-12-6-8-14-37(34)41/h2-15,17-25H,1,16H2/b27-15+. The molecule has 0 radical (unpaired) electrons. The third-order valence-corrected chi connectivity index (χ3v) is 9.17. The molecule has 2 aliphatic rings. The molecule has 2 aliphatic carbocycles. The molecule has 8 rings (SSSR count). The first-order valence-corrected chi connectivity index (χ1v) is 14.4. The van der Waals surface area contributed by atoms with Gasteiger partial charge in [-0.15, -0.1) is 0 Å². The van der Waals surface area contributed by atoms with Gasteiger partial charge in [0.2, 0.25) is 0 Å². The Hall–Kier alpha value is -5.45. The summed E-state index contributed by atoms with van der Waals surface area (Å²) >= 11 is 0. The van der Waals surface area contributed by atoms with Crippen LogP contribution in [-0.2, 0) is 11.8 Å². The number of benzene rings is 6. The second-order valence-electron chi connectivity index (χ2n) is 11.2. The summed E-state index contributed by atoms with van der Waals surface area (Å²) in [5, 5.41) is 11.8. The van der Waals surface area contributed by atoms with E-state index in [9.17, 15) is 5.26 Å². The SMILES string of the molecule is C=C/C(C#N)=C\Cc1ccc(-c2ccc3c(c2)-c2c(ccc4ccccc24)C32c3ccccc3-c3ccccc32)cc1. The average Bonchev–Trinajstić information content (AvgIpc) is 3.53. The third-order valence-electron chi connectivity index (χ3n) is 9.17. The van der Waals surface area contributed by atoms with Crippen LogP contribution in [-0.4, -0.2) is 0 Å². The lowest BCUT2D eigenvalue weighted by Crippen LogP contribution is -2.25. The van der Waals surface area contributed by atoms with Crippen molar-refractivity contribution in [1.29, 1.82) is 5.26 Å². The van der Waals surface area contributed by atoms with E-state index in [-0.39, 0.29) is 5.41 Å². The van der Waals surface area contributed by atoms with Gasteiger partial charge in [0.15, 0.2) is 0 Å².